The summed E-state index contributed by atoms with van der Waals surface area (Å²) in [5, 5.41) is 0.730. The van der Waals surface area contributed by atoms with Gasteiger partial charge in [-0.25, -0.2) is 18.0 Å². The lowest BCUT2D eigenvalue weighted by Gasteiger charge is -2.22. The van der Waals surface area contributed by atoms with Crippen molar-refractivity contribution in [1.29, 1.82) is 0 Å². The molecule has 38 heavy (non-hydrogen) atoms. The standard InChI is InChI=1S/C30H31NO6S/c1-5-20(3)28(31-38(34,35)24-14-11-19(2)12-15-24)30(33)36-23-13-16-25-21(4)26(29(32)37-27(25)18-23)17-22-9-7-6-8-10-22/h6-16,18,20,28,31H,5,17H2,1-4H3/t20-,28+/m1/s1. The molecule has 0 amide bonds. The van der Waals surface area contributed by atoms with Crippen molar-refractivity contribution < 1.29 is 22.4 Å². The average Bonchev–Trinajstić information content (AvgIpc) is 2.90. The van der Waals surface area contributed by atoms with Gasteiger partial charge >= 0.3 is 11.6 Å². The van der Waals surface area contributed by atoms with Crippen LogP contribution >= 0.6 is 0 Å². The van der Waals surface area contributed by atoms with Gasteiger partial charge in [0.25, 0.3) is 0 Å². The van der Waals surface area contributed by atoms with Gasteiger partial charge in [0, 0.05) is 23.4 Å². The highest BCUT2D eigenvalue weighted by atomic mass is 32.2. The number of fused-ring (bicyclic) bond motifs is 1. The molecule has 1 N–H and O–H groups in total. The van der Waals surface area contributed by atoms with Gasteiger partial charge in [0.15, 0.2) is 0 Å². The molecule has 0 aliphatic heterocycles. The first kappa shape index (κ1) is 27.3. The Hall–Kier alpha value is -3.75. The fourth-order valence-corrected chi connectivity index (χ4v) is 5.50. The van der Waals surface area contributed by atoms with E-state index >= 15 is 0 Å². The Morgan fingerprint density at radius 1 is 1.00 bits per heavy atom. The monoisotopic (exact) mass is 533 g/mol. The summed E-state index contributed by atoms with van der Waals surface area (Å²) in [4.78, 5) is 26.0. The summed E-state index contributed by atoms with van der Waals surface area (Å²) in [6.45, 7) is 7.37. The van der Waals surface area contributed by atoms with E-state index in [1.165, 1.54) is 18.2 Å². The number of esters is 1. The smallest absolute Gasteiger partial charge is 0.340 e. The predicted molar refractivity (Wildman–Crippen MR) is 147 cm³/mol. The van der Waals surface area contributed by atoms with Crippen LogP contribution in [0.2, 0.25) is 0 Å². The van der Waals surface area contributed by atoms with Crippen LogP contribution in [0.3, 0.4) is 0 Å². The molecule has 0 fully saturated rings. The molecule has 1 aromatic heterocycles. The van der Waals surface area contributed by atoms with Crippen LogP contribution in [0.5, 0.6) is 5.75 Å². The molecule has 0 radical (unpaired) electrons. The van der Waals surface area contributed by atoms with Gasteiger partial charge in [-0.05, 0) is 55.2 Å². The molecular formula is C30H31NO6S. The third-order valence-corrected chi connectivity index (χ3v) is 8.24. The molecule has 1 heterocycles. The van der Waals surface area contributed by atoms with Gasteiger partial charge in [0.2, 0.25) is 10.0 Å². The van der Waals surface area contributed by atoms with Crippen LogP contribution in [0.4, 0.5) is 0 Å². The molecule has 4 rings (SSSR count). The van der Waals surface area contributed by atoms with Crippen molar-refractivity contribution in [2.24, 2.45) is 5.92 Å². The number of carbonyl (C=O) groups is 1. The van der Waals surface area contributed by atoms with E-state index in [0.717, 1.165) is 22.1 Å². The number of hydrogen-bond donors (Lipinski definition) is 1. The molecule has 3 aromatic carbocycles. The number of ether oxygens (including phenoxy) is 1. The predicted octanol–water partition coefficient (Wildman–Crippen LogP) is 5.30. The molecule has 0 bridgehead atoms. The minimum absolute atomic E-state index is 0.0680. The fraction of sp³-hybridized carbons (Fsp3) is 0.267. The first-order chi connectivity index (χ1) is 18.1. The average molecular weight is 534 g/mol. The van der Waals surface area contributed by atoms with Crippen LogP contribution < -0.4 is 15.1 Å². The zero-order chi connectivity index (χ0) is 27.4. The van der Waals surface area contributed by atoms with Crippen molar-refractivity contribution in [3.05, 3.63) is 105 Å². The first-order valence-corrected chi connectivity index (χ1v) is 14.0. The molecule has 0 aliphatic rings. The van der Waals surface area contributed by atoms with Crippen LogP contribution in [-0.2, 0) is 21.2 Å². The second kappa shape index (κ2) is 11.3. The molecule has 7 nitrogen and oxygen atoms in total. The second-order valence-corrected chi connectivity index (χ2v) is 11.2. The number of rotatable bonds is 9. The van der Waals surface area contributed by atoms with E-state index in [-0.39, 0.29) is 22.1 Å². The van der Waals surface area contributed by atoms with Crippen LogP contribution in [0, 0.1) is 19.8 Å². The Labute approximate surface area is 222 Å². The van der Waals surface area contributed by atoms with E-state index in [2.05, 4.69) is 4.72 Å². The zero-order valence-electron chi connectivity index (χ0n) is 21.9. The number of carbonyl (C=O) groups excluding carboxylic acids is 1. The summed E-state index contributed by atoms with van der Waals surface area (Å²) in [5.74, 6) is -0.915. The van der Waals surface area contributed by atoms with Gasteiger partial charge in [-0.15, -0.1) is 0 Å². The summed E-state index contributed by atoms with van der Waals surface area (Å²) in [6, 6.07) is 19.8. The molecule has 0 unspecified atom stereocenters. The van der Waals surface area contributed by atoms with E-state index in [4.69, 9.17) is 9.15 Å². The number of aryl methyl sites for hydroxylation is 2. The maximum absolute atomic E-state index is 13.2. The van der Waals surface area contributed by atoms with Gasteiger partial charge in [-0.1, -0.05) is 68.3 Å². The van der Waals surface area contributed by atoms with Gasteiger partial charge in [0.05, 0.1) is 4.90 Å². The van der Waals surface area contributed by atoms with Gasteiger partial charge < -0.3 is 9.15 Å². The Kier molecular flexibility index (Phi) is 8.14. The van der Waals surface area contributed by atoms with E-state index < -0.39 is 27.7 Å². The molecule has 0 saturated heterocycles. The lowest BCUT2D eigenvalue weighted by Crippen LogP contribution is -2.46. The summed E-state index contributed by atoms with van der Waals surface area (Å²) in [5.41, 5.74) is 3.11. The van der Waals surface area contributed by atoms with Crippen LogP contribution in [0.1, 0.15) is 42.5 Å². The number of benzene rings is 3. The highest BCUT2D eigenvalue weighted by Gasteiger charge is 2.31. The largest absolute Gasteiger partial charge is 0.425 e. The Balaban J connectivity index is 1.59. The van der Waals surface area contributed by atoms with Crippen molar-refractivity contribution in [1.82, 2.24) is 4.72 Å². The lowest BCUT2D eigenvalue weighted by atomic mass is 9.99. The molecule has 198 valence electrons. The maximum atomic E-state index is 13.2. The van der Waals surface area contributed by atoms with Gasteiger partial charge in [0.1, 0.15) is 17.4 Å². The fourth-order valence-electron chi connectivity index (χ4n) is 4.21. The van der Waals surface area contributed by atoms with Gasteiger partial charge in [-0.3, -0.25) is 0 Å². The molecule has 8 heteroatoms. The summed E-state index contributed by atoms with van der Waals surface area (Å²) < 4.78 is 39.6. The zero-order valence-corrected chi connectivity index (χ0v) is 22.7. The highest BCUT2D eigenvalue weighted by molar-refractivity contribution is 7.89. The van der Waals surface area contributed by atoms with Crippen molar-refractivity contribution in [3.63, 3.8) is 0 Å². The third kappa shape index (κ3) is 6.03. The van der Waals surface area contributed by atoms with Crippen molar-refractivity contribution in [3.8, 4) is 5.75 Å². The SMILES string of the molecule is CC[C@@H](C)[C@H](NS(=O)(=O)c1ccc(C)cc1)C(=O)Oc1ccc2c(C)c(Cc3ccccc3)c(=O)oc2c1. The van der Waals surface area contributed by atoms with E-state index in [1.807, 2.05) is 51.1 Å². The number of sulfonamides is 1. The number of hydrogen-bond acceptors (Lipinski definition) is 6. The minimum Gasteiger partial charge on any atom is -0.425 e. The maximum Gasteiger partial charge on any atom is 0.340 e. The van der Waals surface area contributed by atoms with Crippen molar-refractivity contribution >= 4 is 27.0 Å². The summed E-state index contributed by atoms with van der Waals surface area (Å²) >= 11 is 0. The quantitative estimate of drug-likeness (QED) is 0.178. The Morgan fingerprint density at radius 3 is 2.34 bits per heavy atom. The van der Waals surface area contributed by atoms with E-state index in [1.54, 1.807) is 31.2 Å². The second-order valence-electron chi connectivity index (χ2n) is 9.53. The van der Waals surface area contributed by atoms with E-state index in [0.29, 0.717) is 18.4 Å². The number of nitrogens with one attached hydrogen (secondary N) is 1. The Bertz CT molecular complexity index is 1610. The minimum atomic E-state index is -3.96. The highest BCUT2D eigenvalue weighted by Crippen LogP contribution is 2.26. The summed E-state index contributed by atoms with van der Waals surface area (Å²) in [7, 11) is -3.96. The molecule has 0 spiro atoms. The Morgan fingerprint density at radius 2 is 1.68 bits per heavy atom. The van der Waals surface area contributed by atoms with Gasteiger partial charge in [-0.2, -0.15) is 4.72 Å². The van der Waals surface area contributed by atoms with Crippen LogP contribution in [0.25, 0.3) is 11.0 Å². The molecule has 4 aromatic rings. The normalized spacial score (nSPS) is 13.3. The third-order valence-electron chi connectivity index (χ3n) is 6.78. The van der Waals surface area contributed by atoms with Crippen LogP contribution in [0.15, 0.2) is 86.9 Å². The van der Waals surface area contributed by atoms with Crippen molar-refractivity contribution in [2.75, 3.05) is 0 Å². The molecule has 0 saturated carbocycles. The first-order valence-electron chi connectivity index (χ1n) is 12.5. The topological polar surface area (TPSA) is 103 Å². The van der Waals surface area contributed by atoms with E-state index in [9.17, 15) is 18.0 Å². The molecule has 2 atom stereocenters. The molecule has 0 aliphatic carbocycles. The van der Waals surface area contributed by atoms with Crippen molar-refractivity contribution in [2.45, 2.75) is 51.5 Å². The molecular weight excluding hydrogens is 502 g/mol. The lowest BCUT2D eigenvalue weighted by molar-refractivity contribution is -0.137. The summed E-state index contributed by atoms with van der Waals surface area (Å²) in [6.07, 6.45) is 0.992. The van der Waals surface area contributed by atoms with Crippen LogP contribution in [-0.4, -0.2) is 20.4 Å².